The number of thiazole rings is 1. The summed E-state index contributed by atoms with van der Waals surface area (Å²) in [4.78, 5) is 24.4. The first-order valence-corrected chi connectivity index (χ1v) is 10.8. The third-order valence-corrected chi connectivity index (χ3v) is 6.07. The van der Waals surface area contributed by atoms with Gasteiger partial charge in [0, 0.05) is 12.4 Å². The number of benzene rings is 2. The lowest BCUT2D eigenvalue weighted by atomic mass is 10.1. The van der Waals surface area contributed by atoms with E-state index in [9.17, 15) is 4.79 Å². The van der Waals surface area contributed by atoms with Crippen LogP contribution in [0.2, 0.25) is 0 Å². The Kier molecular flexibility index (Phi) is 6.13. The number of aromatic nitrogens is 2. The summed E-state index contributed by atoms with van der Waals surface area (Å²) in [6, 6.07) is 15.2. The Labute approximate surface area is 185 Å². The van der Waals surface area contributed by atoms with Gasteiger partial charge >= 0.3 is 0 Å². The molecule has 2 aromatic carbocycles. The molecule has 0 aliphatic heterocycles. The van der Waals surface area contributed by atoms with Gasteiger partial charge in [-0.05, 0) is 53.9 Å². The molecule has 1 amide bonds. The van der Waals surface area contributed by atoms with Gasteiger partial charge < -0.3 is 9.47 Å². The van der Waals surface area contributed by atoms with Crippen molar-refractivity contribution in [2.45, 2.75) is 19.9 Å². The fourth-order valence-electron chi connectivity index (χ4n) is 3.32. The minimum atomic E-state index is -0.214. The highest BCUT2D eigenvalue weighted by molar-refractivity contribution is 7.22. The van der Waals surface area contributed by atoms with Crippen LogP contribution in [0.3, 0.4) is 0 Å². The van der Waals surface area contributed by atoms with Gasteiger partial charge in [0.1, 0.15) is 11.5 Å². The van der Waals surface area contributed by atoms with Crippen LogP contribution in [0.5, 0.6) is 11.5 Å². The maximum absolute atomic E-state index is 13.7. The fraction of sp³-hybridized carbons (Fsp3) is 0.208. The Bertz CT molecular complexity index is 1210. The van der Waals surface area contributed by atoms with Crippen molar-refractivity contribution < 1.29 is 14.3 Å². The molecule has 2 aromatic heterocycles. The van der Waals surface area contributed by atoms with E-state index in [0.29, 0.717) is 28.7 Å². The Morgan fingerprint density at radius 1 is 1.06 bits per heavy atom. The van der Waals surface area contributed by atoms with Crippen molar-refractivity contribution in [1.29, 1.82) is 0 Å². The summed E-state index contributed by atoms with van der Waals surface area (Å²) in [6.45, 7) is 2.46. The highest BCUT2D eigenvalue weighted by Crippen LogP contribution is 2.33. The van der Waals surface area contributed by atoms with Crippen LogP contribution in [-0.4, -0.2) is 30.1 Å². The van der Waals surface area contributed by atoms with E-state index in [-0.39, 0.29) is 5.91 Å². The second-order valence-electron chi connectivity index (χ2n) is 6.97. The van der Waals surface area contributed by atoms with E-state index in [1.807, 2.05) is 18.2 Å². The number of hydrogen-bond acceptors (Lipinski definition) is 6. The molecule has 158 valence electrons. The van der Waals surface area contributed by atoms with Crippen LogP contribution in [-0.2, 0) is 13.0 Å². The van der Waals surface area contributed by atoms with Crippen LogP contribution in [0.15, 0.2) is 60.9 Å². The zero-order valence-electron chi connectivity index (χ0n) is 17.7. The Balaban J connectivity index is 1.80. The van der Waals surface area contributed by atoms with Crippen molar-refractivity contribution in [2.24, 2.45) is 0 Å². The van der Waals surface area contributed by atoms with E-state index in [2.05, 4.69) is 24.0 Å². The molecule has 0 radical (unpaired) electrons. The van der Waals surface area contributed by atoms with Crippen LogP contribution in [0.4, 0.5) is 5.13 Å². The minimum absolute atomic E-state index is 0.214. The topological polar surface area (TPSA) is 64.6 Å². The largest absolute Gasteiger partial charge is 0.497 e. The van der Waals surface area contributed by atoms with Crippen LogP contribution < -0.4 is 14.4 Å². The number of carbonyl (C=O) groups is 1. The van der Waals surface area contributed by atoms with E-state index in [1.54, 1.807) is 49.7 Å². The third kappa shape index (κ3) is 4.36. The number of rotatable bonds is 7. The summed E-state index contributed by atoms with van der Waals surface area (Å²) >= 11 is 1.50. The Hall–Kier alpha value is -3.45. The molecule has 0 saturated heterocycles. The molecule has 0 unspecified atom stereocenters. The average Bonchev–Trinajstić information content (AvgIpc) is 3.25. The monoisotopic (exact) mass is 433 g/mol. The van der Waals surface area contributed by atoms with Crippen LogP contribution in [0.1, 0.15) is 28.4 Å². The fourth-order valence-corrected chi connectivity index (χ4v) is 4.35. The molecule has 7 heteroatoms. The lowest BCUT2D eigenvalue weighted by Gasteiger charge is -2.21. The highest BCUT2D eigenvalue weighted by Gasteiger charge is 2.25. The number of carbonyl (C=O) groups excluding carboxylic acids is 1. The number of nitrogens with zero attached hydrogens (tertiary/aromatic N) is 3. The maximum atomic E-state index is 13.7. The molecule has 4 aromatic rings. The van der Waals surface area contributed by atoms with Gasteiger partial charge in [0.15, 0.2) is 5.13 Å². The SMILES string of the molecule is CCc1ccc2nc(N(Cc3cccnc3)C(=O)c3cc(OC)ccc3OC)sc2c1. The normalized spacial score (nSPS) is 10.8. The molecule has 0 aliphatic rings. The number of hydrogen-bond donors (Lipinski definition) is 0. The molecule has 0 spiro atoms. The molecule has 0 saturated carbocycles. The summed E-state index contributed by atoms with van der Waals surface area (Å²) in [5.41, 5.74) is 3.44. The Morgan fingerprint density at radius 3 is 2.65 bits per heavy atom. The zero-order valence-corrected chi connectivity index (χ0v) is 18.5. The van der Waals surface area contributed by atoms with Crippen molar-refractivity contribution in [1.82, 2.24) is 9.97 Å². The molecule has 31 heavy (non-hydrogen) atoms. The van der Waals surface area contributed by atoms with E-state index in [1.165, 1.54) is 16.9 Å². The van der Waals surface area contributed by atoms with Gasteiger partial charge in [-0.15, -0.1) is 0 Å². The predicted octanol–water partition coefficient (Wildman–Crippen LogP) is 5.12. The van der Waals surface area contributed by atoms with Gasteiger partial charge in [-0.3, -0.25) is 14.7 Å². The quantitative estimate of drug-likeness (QED) is 0.405. The van der Waals surface area contributed by atoms with Gasteiger partial charge in [-0.1, -0.05) is 30.4 Å². The molecule has 0 aliphatic carbocycles. The first-order valence-electron chi connectivity index (χ1n) is 9.95. The second-order valence-corrected chi connectivity index (χ2v) is 7.98. The van der Waals surface area contributed by atoms with Crippen molar-refractivity contribution in [2.75, 3.05) is 19.1 Å². The zero-order chi connectivity index (χ0) is 21.8. The predicted molar refractivity (Wildman–Crippen MR) is 123 cm³/mol. The molecule has 6 nitrogen and oxygen atoms in total. The number of methoxy groups -OCH3 is 2. The number of fused-ring (bicyclic) bond motifs is 1. The van der Waals surface area contributed by atoms with Crippen molar-refractivity contribution >= 4 is 32.6 Å². The number of ether oxygens (including phenoxy) is 2. The van der Waals surface area contributed by atoms with Gasteiger partial charge in [-0.25, -0.2) is 4.98 Å². The maximum Gasteiger partial charge on any atom is 0.264 e. The number of pyridine rings is 1. The highest BCUT2D eigenvalue weighted by atomic mass is 32.1. The smallest absolute Gasteiger partial charge is 0.264 e. The van der Waals surface area contributed by atoms with Crippen molar-refractivity contribution in [3.8, 4) is 11.5 Å². The third-order valence-electron chi connectivity index (χ3n) is 5.03. The van der Waals surface area contributed by atoms with Crippen LogP contribution >= 0.6 is 11.3 Å². The first-order chi connectivity index (χ1) is 15.1. The minimum Gasteiger partial charge on any atom is -0.497 e. The summed E-state index contributed by atoms with van der Waals surface area (Å²) in [5, 5.41) is 0.627. The molecular weight excluding hydrogens is 410 g/mol. The van der Waals surface area contributed by atoms with E-state index >= 15 is 0 Å². The van der Waals surface area contributed by atoms with E-state index in [4.69, 9.17) is 14.5 Å². The lowest BCUT2D eigenvalue weighted by molar-refractivity contribution is 0.0982. The molecule has 0 N–H and O–H groups in total. The summed E-state index contributed by atoms with van der Waals surface area (Å²) in [7, 11) is 3.12. The molecule has 0 atom stereocenters. The molecular formula is C24H23N3O3S. The van der Waals surface area contributed by atoms with Gasteiger partial charge in [0.05, 0.1) is 36.5 Å². The Morgan fingerprint density at radius 2 is 1.94 bits per heavy atom. The van der Waals surface area contributed by atoms with Crippen molar-refractivity contribution in [3.63, 3.8) is 0 Å². The lowest BCUT2D eigenvalue weighted by Crippen LogP contribution is -2.30. The number of aryl methyl sites for hydroxylation is 1. The second kappa shape index (κ2) is 9.14. The molecule has 4 rings (SSSR count). The molecule has 2 heterocycles. The molecule has 0 fully saturated rings. The van der Waals surface area contributed by atoms with Crippen LogP contribution in [0, 0.1) is 0 Å². The standard InChI is InChI=1S/C24H23N3O3S/c1-4-16-7-9-20-22(12-16)31-24(26-20)27(15-17-6-5-11-25-14-17)23(28)19-13-18(29-2)8-10-21(19)30-3/h5-14H,4,15H2,1-3H3. The average molecular weight is 434 g/mol. The summed E-state index contributed by atoms with van der Waals surface area (Å²) < 4.78 is 11.8. The first kappa shape index (κ1) is 20.8. The van der Waals surface area contributed by atoms with E-state index in [0.717, 1.165) is 22.2 Å². The molecule has 0 bridgehead atoms. The number of amides is 1. The van der Waals surface area contributed by atoms with Gasteiger partial charge in [0.25, 0.3) is 5.91 Å². The van der Waals surface area contributed by atoms with Gasteiger partial charge in [0.2, 0.25) is 0 Å². The van der Waals surface area contributed by atoms with E-state index < -0.39 is 0 Å². The van der Waals surface area contributed by atoms with Gasteiger partial charge in [-0.2, -0.15) is 0 Å². The van der Waals surface area contributed by atoms with Crippen LogP contribution in [0.25, 0.3) is 10.2 Å². The van der Waals surface area contributed by atoms with Crippen molar-refractivity contribution in [3.05, 3.63) is 77.6 Å². The number of anilines is 1. The summed E-state index contributed by atoms with van der Waals surface area (Å²) in [5.74, 6) is 0.855. The summed E-state index contributed by atoms with van der Waals surface area (Å²) in [6.07, 6.45) is 4.42.